The molecule has 0 aliphatic carbocycles. The van der Waals surface area contributed by atoms with Crippen molar-refractivity contribution >= 4 is 0 Å². The maximum atomic E-state index is 5.37. The normalized spacial score (nSPS) is 12.7. The number of nitrogens with one attached hydrogen (secondary N) is 1. The van der Waals surface area contributed by atoms with Crippen molar-refractivity contribution in [2.45, 2.75) is 33.6 Å². The molecule has 0 aromatic heterocycles. The van der Waals surface area contributed by atoms with E-state index in [9.17, 15) is 0 Å². The lowest BCUT2D eigenvalue weighted by Gasteiger charge is -2.15. The van der Waals surface area contributed by atoms with Gasteiger partial charge in [-0.3, -0.25) is 0 Å². The first-order valence-electron chi connectivity index (χ1n) is 6.96. The fraction of sp³-hybridized carbons (Fsp3) is 0.625. The van der Waals surface area contributed by atoms with Crippen molar-refractivity contribution < 1.29 is 4.74 Å². The number of methoxy groups -OCH3 is 1. The van der Waals surface area contributed by atoms with Crippen molar-refractivity contribution in [2.75, 3.05) is 20.2 Å². The zero-order valence-electron chi connectivity index (χ0n) is 12.2. The molecule has 2 heteroatoms. The van der Waals surface area contributed by atoms with Gasteiger partial charge in [-0.25, -0.2) is 0 Å². The highest BCUT2D eigenvalue weighted by Crippen LogP contribution is 2.20. The maximum absolute atomic E-state index is 5.37. The first-order chi connectivity index (χ1) is 8.63. The second-order valence-electron chi connectivity index (χ2n) is 5.51. The third kappa shape index (κ3) is 5.54. The Balaban J connectivity index is 2.31. The van der Waals surface area contributed by atoms with E-state index in [1.54, 1.807) is 7.11 Å². The standard InChI is InChI=1S/C16H27NO/c1-13(2)11-17-12-14(3)9-10-15-7-5-6-8-16(15)18-4/h5-8,13-14,17H,9-12H2,1-4H3. The van der Waals surface area contributed by atoms with Crippen LogP contribution in [-0.2, 0) is 6.42 Å². The van der Waals surface area contributed by atoms with Gasteiger partial charge in [0.15, 0.2) is 0 Å². The molecule has 102 valence electrons. The molecule has 0 fully saturated rings. The first kappa shape index (κ1) is 15.0. The summed E-state index contributed by atoms with van der Waals surface area (Å²) in [6, 6.07) is 8.31. The molecule has 0 spiro atoms. The van der Waals surface area contributed by atoms with Gasteiger partial charge in [0.2, 0.25) is 0 Å². The van der Waals surface area contributed by atoms with E-state index in [1.165, 1.54) is 12.0 Å². The van der Waals surface area contributed by atoms with E-state index in [-0.39, 0.29) is 0 Å². The molecule has 1 rings (SSSR count). The van der Waals surface area contributed by atoms with Crippen LogP contribution in [0.2, 0.25) is 0 Å². The summed E-state index contributed by atoms with van der Waals surface area (Å²) in [5.74, 6) is 2.44. The van der Waals surface area contributed by atoms with Gasteiger partial charge in [-0.1, -0.05) is 39.0 Å². The minimum atomic E-state index is 0.702. The lowest BCUT2D eigenvalue weighted by molar-refractivity contribution is 0.404. The molecule has 2 nitrogen and oxygen atoms in total. The Bertz CT molecular complexity index is 336. The topological polar surface area (TPSA) is 21.3 Å². The number of hydrogen-bond acceptors (Lipinski definition) is 2. The highest BCUT2D eigenvalue weighted by molar-refractivity contribution is 5.33. The fourth-order valence-corrected chi connectivity index (χ4v) is 2.03. The van der Waals surface area contributed by atoms with Crippen molar-refractivity contribution in [2.24, 2.45) is 11.8 Å². The van der Waals surface area contributed by atoms with Crippen molar-refractivity contribution in [3.63, 3.8) is 0 Å². The quantitative estimate of drug-likeness (QED) is 0.761. The lowest BCUT2D eigenvalue weighted by Crippen LogP contribution is -2.25. The predicted octanol–water partition coefficient (Wildman–Crippen LogP) is 3.51. The van der Waals surface area contributed by atoms with Gasteiger partial charge in [0.05, 0.1) is 7.11 Å². The van der Waals surface area contributed by atoms with Gasteiger partial charge in [0.25, 0.3) is 0 Å². The van der Waals surface area contributed by atoms with Crippen LogP contribution in [0.25, 0.3) is 0 Å². The third-order valence-electron chi connectivity index (χ3n) is 3.14. The smallest absolute Gasteiger partial charge is 0.122 e. The molecule has 0 amide bonds. The number of ether oxygens (including phenoxy) is 1. The van der Waals surface area contributed by atoms with Crippen molar-refractivity contribution in [1.29, 1.82) is 0 Å². The molecular formula is C16H27NO. The zero-order valence-corrected chi connectivity index (χ0v) is 12.2. The van der Waals surface area contributed by atoms with E-state index < -0.39 is 0 Å². The second kappa shape index (κ2) is 8.15. The average molecular weight is 249 g/mol. The summed E-state index contributed by atoms with van der Waals surface area (Å²) < 4.78 is 5.37. The number of para-hydroxylation sites is 1. The summed E-state index contributed by atoms with van der Waals surface area (Å²) in [6.07, 6.45) is 2.29. The molecule has 0 saturated heterocycles. The Morgan fingerprint density at radius 3 is 2.50 bits per heavy atom. The molecular weight excluding hydrogens is 222 g/mol. The van der Waals surface area contributed by atoms with E-state index >= 15 is 0 Å². The van der Waals surface area contributed by atoms with Crippen molar-refractivity contribution in [3.05, 3.63) is 29.8 Å². The van der Waals surface area contributed by atoms with Crippen LogP contribution in [0.3, 0.4) is 0 Å². The van der Waals surface area contributed by atoms with Crippen LogP contribution >= 0.6 is 0 Å². The van der Waals surface area contributed by atoms with Crippen LogP contribution in [0.4, 0.5) is 0 Å². The number of aryl methyl sites for hydroxylation is 1. The van der Waals surface area contributed by atoms with E-state index in [0.717, 1.165) is 31.2 Å². The highest BCUT2D eigenvalue weighted by Gasteiger charge is 2.06. The minimum absolute atomic E-state index is 0.702. The SMILES string of the molecule is COc1ccccc1CCC(C)CNCC(C)C. The number of benzene rings is 1. The minimum Gasteiger partial charge on any atom is -0.496 e. The van der Waals surface area contributed by atoms with Gasteiger partial charge in [0, 0.05) is 0 Å². The maximum Gasteiger partial charge on any atom is 0.122 e. The summed E-state index contributed by atoms with van der Waals surface area (Å²) in [7, 11) is 1.74. The fourth-order valence-electron chi connectivity index (χ4n) is 2.03. The molecule has 1 unspecified atom stereocenters. The van der Waals surface area contributed by atoms with E-state index in [4.69, 9.17) is 4.74 Å². The van der Waals surface area contributed by atoms with Crippen molar-refractivity contribution in [3.8, 4) is 5.75 Å². The van der Waals surface area contributed by atoms with E-state index in [2.05, 4.69) is 38.2 Å². The van der Waals surface area contributed by atoms with Gasteiger partial charge >= 0.3 is 0 Å². The Morgan fingerprint density at radius 1 is 1.11 bits per heavy atom. The van der Waals surface area contributed by atoms with Gasteiger partial charge in [0.1, 0.15) is 5.75 Å². The molecule has 1 aromatic rings. The molecule has 0 saturated carbocycles. The predicted molar refractivity (Wildman–Crippen MR) is 78.2 cm³/mol. The van der Waals surface area contributed by atoms with Gasteiger partial charge < -0.3 is 10.1 Å². The van der Waals surface area contributed by atoms with Crippen LogP contribution in [0, 0.1) is 11.8 Å². The van der Waals surface area contributed by atoms with Gasteiger partial charge in [-0.15, -0.1) is 0 Å². The van der Waals surface area contributed by atoms with Crippen LogP contribution in [-0.4, -0.2) is 20.2 Å². The average Bonchev–Trinajstić information content (AvgIpc) is 2.36. The summed E-state index contributed by atoms with van der Waals surface area (Å²) in [5, 5.41) is 3.52. The summed E-state index contributed by atoms with van der Waals surface area (Å²) in [5.41, 5.74) is 1.32. The highest BCUT2D eigenvalue weighted by atomic mass is 16.5. The molecule has 18 heavy (non-hydrogen) atoms. The molecule has 0 heterocycles. The second-order valence-corrected chi connectivity index (χ2v) is 5.51. The summed E-state index contributed by atoms with van der Waals surface area (Å²) in [4.78, 5) is 0. The van der Waals surface area contributed by atoms with Crippen molar-refractivity contribution in [1.82, 2.24) is 5.32 Å². The van der Waals surface area contributed by atoms with Gasteiger partial charge in [-0.05, 0) is 49.4 Å². The number of rotatable bonds is 8. The zero-order chi connectivity index (χ0) is 13.4. The summed E-state index contributed by atoms with van der Waals surface area (Å²) in [6.45, 7) is 9.01. The molecule has 1 atom stereocenters. The van der Waals surface area contributed by atoms with Crippen LogP contribution in [0.5, 0.6) is 5.75 Å². The Kier molecular flexibility index (Phi) is 6.81. The molecule has 0 radical (unpaired) electrons. The van der Waals surface area contributed by atoms with E-state index in [1.807, 2.05) is 12.1 Å². The Labute approximate surface area is 112 Å². The number of hydrogen-bond donors (Lipinski definition) is 1. The van der Waals surface area contributed by atoms with E-state index in [0.29, 0.717) is 5.92 Å². The molecule has 0 bridgehead atoms. The molecule has 1 aromatic carbocycles. The first-order valence-corrected chi connectivity index (χ1v) is 6.96. The molecule has 0 aliphatic heterocycles. The monoisotopic (exact) mass is 249 g/mol. The lowest BCUT2D eigenvalue weighted by atomic mass is 10.0. The van der Waals surface area contributed by atoms with Crippen LogP contribution < -0.4 is 10.1 Å². The van der Waals surface area contributed by atoms with Crippen LogP contribution in [0.1, 0.15) is 32.8 Å². The van der Waals surface area contributed by atoms with Crippen LogP contribution in [0.15, 0.2) is 24.3 Å². The Hall–Kier alpha value is -1.02. The summed E-state index contributed by atoms with van der Waals surface area (Å²) >= 11 is 0. The third-order valence-corrected chi connectivity index (χ3v) is 3.14. The molecule has 0 aliphatic rings. The Morgan fingerprint density at radius 2 is 1.83 bits per heavy atom. The molecule has 1 N–H and O–H groups in total. The largest absolute Gasteiger partial charge is 0.496 e. The van der Waals surface area contributed by atoms with Gasteiger partial charge in [-0.2, -0.15) is 0 Å².